The second-order valence-corrected chi connectivity index (χ2v) is 6.03. The molecule has 1 fully saturated rings. The predicted octanol–water partition coefficient (Wildman–Crippen LogP) is 2.68. The minimum absolute atomic E-state index is 0.00282. The smallest absolute Gasteiger partial charge is 0.309 e. The third-order valence-corrected chi connectivity index (χ3v) is 4.60. The quantitative estimate of drug-likeness (QED) is 0.532. The topological polar surface area (TPSA) is 46.5 Å². The van der Waals surface area contributed by atoms with Gasteiger partial charge in [0.15, 0.2) is 0 Å². The number of carbonyl (C=O) groups excluding carboxylic acids is 1. The van der Waals surface area contributed by atoms with Crippen molar-refractivity contribution in [2.45, 2.75) is 58.7 Å². The highest BCUT2D eigenvalue weighted by atomic mass is 16.6. The van der Waals surface area contributed by atoms with E-state index in [1.807, 2.05) is 13.8 Å². The van der Waals surface area contributed by atoms with Crippen LogP contribution in [0.5, 0.6) is 0 Å². The fourth-order valence-electron chi connectivity index (χ4n) is 3.07. The van der Waals surface area contributed by atoms with Gasteiger partial charge in [0.25, 0.3) is 0 Å². The molecule has 0 amide bonds. The summed E-state index contributed by atoms with van der Waals surface area (Å²) in [6.07, 6.45) is 5.34. The minimum atomic E-state index is -0.326. The summed E-state index contributed by atoms with van der Waals surface area (Å²) in [5.74, 6) is 0.436. The standard InChI is InChI=1S/C15H24O3/c1-9-4-6-12-11(3)15(17)18-14(12)8-10(2)13(16)7-5-9/h5,10-14,16H,4,6-8H2,1-3H3. The van der Waals surface area contributed by atoms with Crippen LogP contribution in [0.2, 0.25) is 0 Å². The van der Waals surface area contributed by atoms with E-state index in [-0.39, 0.29) is 30.0 Å². The summed E-state index contributed by atoms with van der Waals surface area (Å²) in [6, 6.07) is 0. The lowest BCUT2D eigenvalue weighted by molar-refractivity contribution is -0.144. The number of esters is 1. The number of aliphatic hydroxyl groups is 1. The van der Waals surface area contributed by atoms with Crippen LogP contribution in [0.1, 0.15) is 46.5 Å². The highest BCUT2D eigenvalue weighted by molar-refractivity contribution is 5.74. The van der Waals surface area contributed by atoms with E-state index < -0.39 is 0 Å². The van der Waals surface area contributed by atoms with Crippen molar-refractivity contribution in [3.05, 3.63) is 11.6 Å². The molecule has 0 aromatic heterocycles. The molecular formula is C15H24O3. The molecule has 1 aliphatic carbocycles. The van der Waals surface area contributed by atoms with E-state index in [1.54, 1.807) is 0 Å². The molecule has 2 rings (SSSR count). The number of rotatable bonds is 0. The number of fused-ring (bicyclic) bond motifs is 1. The molecule has 0 bridgehead atoms. The van der Waals surface area contributed by atoms with Gasteiger partial charge in [-0.2, -0.15) is 0 Å². The number of hydrogen-bond donors (Lipinski definition) is 1. The molecular weight excluding hydrogens is 228 g/mol. The monoisotopic (exact) mass is 252 g/mol. The van der Waals surface area contributed by atoms with Crippen LogP contribution in [-0.4, -0.2) is 23.3 Å². The first-order valence-electron chi connectivity index (χ1n) is 7.03. The molecule has 18 heavy (non-hydrogen) atoms. The van der Waals surface area contributed by atoms with Crippen molar-refractivity contribution in [1.82, 2.24) is 0 Å². The Morgan fingerprint density at radius 1 is 1.39 bits per heavy atom. The molecule has 0 spiro atoms. The predicted molar refractivity (Wildman–Crippen MR) is 69.9 cm³/mol. The number of carbonyl (C=O) groups is 1. The maximum Gasteiger partial charge on any atom is 0.309 e. The van der Waals surface area contributed by atoms with E-state index in [4.69, 9.17) is 4.74 Å². The molecule has 1 saturated heterocycles. The first-order valence-corrected chi connectivity index (χ1v) is 7.03. The molecule has 1 heterocycles. The lowest BCUT2D eigenvalue weighted by Gasteiger charge is -2.26. The number of allylic oxidation sites excluding steroid dienone is 1. The van der Waals surface area contributed by atoms with Gasteiger partial charge in [0.05, 0.1) is 12.0 Å². The van der Waals surface area contributed by atoms with E-state index in [9.17, 15) is 9.90 Å². The Hall–Kier alpha value is -0.830. The molecule has 5 unspecified atom stereocenters. The fourth-order valence-corrected chi connectivity index (χ4v) is 3.07. The van der Waals surface area contributed by atoms with Crippen LogP contribution in [0.4, 0.5) is 0 Å². The largest absolute Gasteiger partial charge is 0.462 e. The van der Waals surface area contributed by atoms with Gasteiger partial charge in [-0.25, -0.2) is 0 Å². The summed E-state index contributed by atoms with van der Waals surface area (Å²) in [7, 11) is 0. The van der Waals surface area contributed by atoms with Crippen molar-refractivity contribution < 1.29 is 14.6 Å². The highest BCUT2D eigenvalue weighted by Gasteiger charge is 2.42. The second kappa shape index (κ2) is 5.43. The third-order valence-electron chi connectivity index (χ3n) is 4.60. The van der Waals surface area contributed by atoms with Crippen molar-refractivity contribution in [3.63, 3.8) is 0 Å². The molecule has 5 atom stereocenters. The fraction of sp³-hybridized carbons (Fsp3) is 0.800. The molecule has 102 valence electrons. The van der Waals surface area contributed by atoms with Gasteiger partial charge in [0.1, 0.15) is 6.10 Å². The van der Waals surface area contributed by atoms with Gasteiger partial charge in [-0.1, -0.05) is 25.5 Å². The van der Waals surface area contributed by atoms with Crippen LogP contribution >= 0.6 is 0 Å². The first kappa shape index (κ1) is 13.6. The van der Waals surface area contributed by atoms with E-state index >= 15 is 0 Å². The van der Waals surface area contributed by atoms with Gasteiger partial charge in [0, 0.05) is 5.92 Å². The average molecular weight is 252 g/mol. The Labute approximate surface area is 109 Å². The Morgan fingerprint density at radius 3 is 2.83 bits per heavy atom. The third kappa shape index (κ3) is 2.77. The van der Waals surface area contributed by atoms with Crippen molar-refractivity contribution in [1.29, 1.82) is 0 Å². The molecule has 0 saturated carbocycles. The van der Waals surface area contributed by atoms with Crippen molar-refractivity contribution >= 4 is 5.97 Å². The number of ether oxygens (including phenoxy) is 1. The summed E-state index contributed by atoms with van der Waals surface area (Å²) >= 11 is 0. The van der Waals surface area contributed by atoms with Crippen molar-refractivity contribution in [2.75, 3.05) is 0 Å². The summed E-state index contributed by atoms with van der Waals surface area (Å²) in [5, 5.41) is 10.1. The maximum absolute atomic E-state index is 11.7. The van der Waals surface area contributed by atoms with Gasteiger partial charge < -0.3 is 9.84 Å². The van der Waals surface area contributed by atoms with E-state index in [0.29, 0.717) is 12.3 Å². The van der Waals surface area contributed by atoms with Crippen LogP contribution in [0.15, 0.2) is 11.6 Å². The van der Waals surface area contributed by atoms with Crippen LogP contribution in [-0.2, 0) is 9.53 Å². The maximum atomic E-state index is 11.7. The van der Waals surface area contributed by atoms with Crippen LogP contribution in [0, 0.1) is 17.8 Å². The van der Waals surface area contributed by atoms with Gasteiger partial charge in [-0.05, 0) is 38.5 Å². The average Bonchev–Trinajstić information content (AvgIpc) is 2.59. The van der Waals surface area contributed by atoms with E-state index in [0.717, 1.165) is 19.3 Å². The minimum Gasteiger partial charge on any atom is -0.462 e. The van der Waals surface area contributed by atoms with Crippen LogP contribution in [0.3, 0.4) is 0 Å². The Bertz CT molecular complexity index is 348. The summed E-state index contributed by atoms with van der Waals surface area (Å²) < 4.78 is 5.49. The van der Waals surface area contributed by atoms with Crippen molar-refractivity contribution in [3.8, 4) is 0 Å². The van der Waals surface area contributed by atoms with Gasteiger partial charge in [-0.3, -0.25) is 4.79 Å². The molecule has 0 aromatic rings. The normalized spacial score (nSPS) is 41.9. The Kier molecular flexibility index (Phi) is 4.10. The van der Waals surface area contributed by atoms with Gasteiger partial charge in [-0.15, -0.1) is 0 Å². The number of aliphatic hydroxyl groups excluding tert-OH is 1. The SMILES string of the molecule is CC1=CCC(O)C(C)CC2OC(=O)C(C)C2CC1. The van der Waals surface area contributed by atoms with E-state index in [2.05, 4.69) is 13.0 Å². The molecule has 2 aliphatic rings. The summed E-state index contributed by atoms with van der Waals surface area (Å²) in [5.41, 5.74) is 1.31. The van der Waals surface area contributed by atoms with Crippen molar-refractivity contribution in [2.24, 2.45) is 17.8 Å². The van der Waals surface area contributed by atoms with E-state index in [1.165, 1.54) is 5.57 Å². The molecule has 0 radical (unpaired) electrons. The van der Waals surface area contributed by atoms with Gasteiger partial charge >= 0.3 is 5.97 Å². The Balaban J connectivity index is 2.17. The molecule has 1 aliphatic heterocycles. The molecule has 3 heteroatoms. The Morgan fingerprint density at radius 2 is 2.11 bits per heavy atom. The zero-order valence-electron chi connectivity index (χ0n) is 11.6. The van der Waals surface area contributed by atoms with Crippen LogP contribution in [0.25, 0.3) is 0 Å². The molecule has 0 aromatic carbocycles. The van der Waals surface area contributed by atoms with Crippen LogP contribution < -0.4 is 0 Å². The van der Waals surface area contributed by atoms with Gasteiger partial charge in [0.2, 0.25) is 0 Å². The lowest BCUT2D eigenvalue weighted by atomic mass is 9.81. The summed E-state index contributed by atoms with van der Waals surface area (Å²) in [6.45, 7) is 6.12. The second-order valence-electron chi connectivity index (χ2n) is 6.03. The zero-order chi connectivity index (χ0) is 13.3. The lowest BCUT2D eigenvalue weighted by Crippen LogP contribution is -2.27. The molecule has 1 N–H and O–H groups in total. The summed E-state index contributed by atoms with van der Waals surface area (Å²) in [4.78, 5) is 11.7. The zero-order valence-corrected chi connectivity index (χ0v) is 11.6. The highest BCUT2D eigenvalue weighted by Crippen LogP contribution is 2.37. The molecule has 3 nitrogen and oxygen atoms in total. The number of hydrogen-bond acceptors (Lipinski definition) is 3. The first-order chi connectivity index (χ1) is 8.49.